The summed E-state index contributed by atoms with van der Waals surface area (Å²) in [5.74, 6) is 0.648. The summed E-state index contributed by atoms with van der Waals surface area (Å²) in [6, 6.07) is 11.3. The van der Waals surface area contributed by atoms with Crippen molar-refractivity contribution in [1.82, 2.24) is 19.7 Å². The van der Waals surface area contributed by atoms with Crippen LogP contribution in [0.1, 0.15) is 40.7 Å². The summed E-state index contributed by atoms with van der Waals surface area (Å²) in [6.45, 7) is 13.3. The highest BCUT2D eigenvalue weighted by molar-refractivity contribution is 7.16. The van der Waals surface area contributed by atoms with Gasteiger partial charge < -0.3 is 24.2 Å². The van der Waals surface area contributed by atoms with Crippen molar-refractivity contribution in [2.45, 2.75) is 65.5 Å². The van der Waals surface area contributed by atoms with Gasteiger partial charge in [-0.15, -0.1) is 21.5 Å². The molecule has 11 nitrogen and oxygen atoms in total. The first kappa shape index (κ1) is 34.9. The second-order valence-corrected chi connectivity index (χ2v) is 19.5. The van der Waals surface area contributed by atoms with Gasteiger partial charge in [-0.2, -0.15) is 4.99 Å². The summed E-state index contributed by atoms with van der Waals surface area (Å²) >= 11 is 2.99. The molecule has 0 saturated heterocycles. The van der Waals surface area contributed by atoms with E-state index in [1.807, 2.05) is 30.0 Å². The maximum atomic E-state index is 12.7. The predicted molar refractivity (Wildman–Crippen MR) is 183 cm³/mol. The molecule has 0 bridgehead atoms. The van der Waals surface area contributed by atoms with Crippen LogP contribution in [0.5, 0.6) is 0 Å². The van der Waals surface area contributed by atoms with Crippen molar-refractivity contribution in [2.75, 3.05) is 45.0 Å². The number of benzene rings is 1. The fourth-order valence-electron chi connectivity index (χ4n) is 4.46. The Balaban J connectivity index is 1.69. The number of ether oxygens (including phenoxy) is 3. The van der Waals surface area contributed by atoms with E-state index in [9.17, 15) is 9.90 Å². The standard InChI is InChI=1S/C31H44N6O5S2Si/c1-7-42-29(39)27-25(14-10-16-38)44-30(32-27)36(15-11-17-40-3)26-20-22(2)28(35-34-26)33-31-37(21-41-18-19-45(4,5)6)23-12-8-9-13-24(23)43-31/h8-9,12-13,20,38H,7,10-11,14-19,21H2,1-6H3/b33-31-. The number of carbonyl (C=O) groups is 1. The van der Waals surface area contributed by atoms with E-state index in [0.717, 1.165) is 38.1 Å². The minimum absolute atomic E-state index is 0.0209. The number of para-hydroxylation sites is 1. The van der Waals surface area contributed by atoms with E-state index < -0.39 is 14.0 Å². The molecule has 244 valence electrons. The van der Waals surface area contributed by atoms with Gasteiger partial charge >= 0.3 is 5.97 Å². The third kappa shape index (κ3) is 9.50. The number of carbonyl (C=O) groups excluding carboxylic acids is 1. The molecule has 0 atom stereocenters. The first-order chi connectivity index (χ1) is 21.6. The van der Waals surface area contributed by atoms with Gasteiger partial charge in [-0.1, -0.05) is 43.1 Å². The van der Waals surface area contributed by atoms with E-state index in [-0.39, 0.29) is 18.9 Å². The minimum Gasteiger partial charge on any atom is -0.461 e. The largest absolute Gasteiger partial charge is 0.461 e. The lowest BCUT2D eigenvalue weighted by molar-refractivity contribution is 0.0519. The van der Waals surface area contributed by atoms with Crippen molar-refractivity contribution in [3.63, 3.8) is 0 Å². The molecule has 4 aromatic rings. The molecular formula is C31H44N6O5S2Si. The van der Waals surface area contributed by atoms with Crippen LogP contribution >= 0.6 is 22.7 Å². The highest BCUT2D eigenvalue weighted by Crippen LogP contribution is 2.33. The third-order valence-electron chi connectivity index (χ3n) is 6.91. The van der Waals surface area contributed by atoms with Crippen molar-refractivity contribution < 1.29 is 24.1 Å². The zero-order chi connectivity index (χ0) is 32.4. The zero-order valence-corrected chi connectivity index (χ0v) is 29.7. The van der Waals surface area contributed by atoms with Crippen molar-refractivity contribution >= 4 is 63.7 Å². The summed E-state index contributed by atoms with van der Waals surface area (Å²) in [5.41, 5.74) is 2.20. The Hall–Kier alpha value is -3.01. The molecule has 3 aromatic heterocycles. The molecule has 0 amide bonds. The molecule has 0 radical (unpaired) electrons. The summed E-state index contributed by atoms with van der Waals surface area (Å²) in [7, 11) is 0.460. The molecule has 45 heavy (non-hydrogen) atoms. The number of anilines is 2. The average Bonchev–Trinajstić information content (AvgIpc) is 3.58. The van der Waals surface area contributed by atoms with Crippen LogP contribution in [0.2, 0.25) is 25.7 Å². The second kappa shape index (κ2) is 16.5. The van der Waals surface area contributed by atoms with Gasteiger partial charge in [-0.3, -0.25) is 4.57 Å². The molecule has 1 N–H and O–H groups in total. The molecular weight excluding hydrogens is 629 g/mol. The van der Waals surface area contributed by atoms with Gasteiger partial charge in [0.2, 0.25) is 0 Å². The Kier molecular flexibility index (Phi) is 12.8. The fraction of sp³-hybridized carbons (Fsp3) is 0.516. The highest BCUT2D eigenvalue weighted by Gasteiger charge is 2.24. The summed E-state index contributed by atoms with van der Waals surface area (Å²) in [4.78, 5) is 25.9. The Morgan fingerprint density at radius 1 is 1.13 bits per heavy atom. The molecule has 0 saturated carbocycles. The van der Waals surface area contributed by atoms with E-state index in [1.165, 1.54) is 11.3 Å². The number of hydrogen-bond acceptors (Lipinski definition) is 12. The number of thiazole rings is 2. The first-order valence-corrected chi connectivity index (χ1v) is 20.6. The predicted octanol–water partition coefficient (Wildman–Crippen LogP) is 6.08. The lowest BCUT2D eigenvalue weighted by Crippen LogP contribution is -2.23. The van der Waals surface area contributed by atoms with Crippen molar-refractivity contribution in [2.24, 2.45) is 4.99 Å². The van der Waals surface area contributed by atoms with Crippen LogP contribution in [0.4, 0.5) is 16.8 Å². The number of aliphatic hydroxyl groups is 1. The van der Waals surface area contributed by atoms with Crippen LogP contribution in [-0.2, 0) is 27.4 Å². The molecule has 0 aliphatic rings. The summed E-state index contributed by atoms with van der Waals surface area (Å²) < 4.78 is 19.9. The molecule has 0 spiro atoms. The number of esters is 1. The SMILES string of the molecule is CCOC(=O)c1nc(N(CCCOC)c2cc(C)c(/N=c3\sc4ccccc4n3COCC[Si](C)(C)C)nn2)sc1CCCO. The highest BCUT2D eigenvalue weighted by atomic mass is 32.1. The first-order valence-electron chi connectivity index (χ1n) is 15.2. The third-order valence-corrected chi connectivity index (χ3v) is 10.8. The van der Waals surface area contributed by atoms with Crippen LogP contribution in [0.3, 0.4) is 0 Å². The normalized spacial score (nSPS) is 12.3. The second-order valence-electron chi connectivity index (χ2n) is 11.8. The van der Waals surface area contributed by atoms with E-state index in [1.54, 1.807) is 25.4 Å². The van der Waals surface area contributed by atoms with Gasteiger partial charge in [0.05, 0.1) is 16.8 Å². The molecule has 1 aromatic carbocycles. The van der Waals surface area contributed by atoms with Crippen LogP contribution in [-0.4, -0.2) is 79.0 Å². The van der Waals surface area contributed by atoms with Crippen LogP contribution in [0.25, 0.3) is 10.2 Å². The van der Waals surface area contributed by atoms with Gasteiger partial charge in [0.15, 0.2) is 27.3 Å². The quantitative estimate of drug-likeness (QED) is 0.0808. The Morgan fingerprint density at radius 2 is 1.93 bits per heavy atom. The van der Waals surface area contributed by atoms with Gasteiger partial charge in [0, 0.05) is 46.4 Å². The van der Waals surface area contributed by atoms with Crippen molar-refractivity contribution in [1.29, 1.82) is 0 Å². The summed E-state index contributed by atoms with van der Waals surface area (Å²) in [5, 5.41) is 19.2. The minimum atomic E-state index is -1.20. The number of hydrogen-bond donors (Lipinski definition) is 1. The number of nitrogens with zero attached hydrogens (tertiary/aromatic N) is 6. The molecule has 14 heteroatoms. The Morgan fingerprint density at radius 3 is 2.64 bits per heavy atom. The van der Waals surface area contributed by atoms with Crippen molar-refractivity contribution in [3.05, 3.63) is 51.3 Å². The van der Waals surface area contributed by atoms with E-state index >= 15 is 0 Å². The smallest absolute Gasteiger partial charge is 0.358 e. The number of aryl methyl sites for hydroxylation is 2. The fourth-order valence-corrected chi connectivity index (χ4v) is 7.36. The number of rotatable bonds is 17. The molecule has 0 aliphatic carbocycles. The lowest BCUT2D eigenvalue weighted by atomic mass is 10.2. The van der Waals surface area contributed by atoms with Crippen molar-refractivity contribution in [3.8, 4) is 0 Å². The van der Waals surface area contributed by atoms with E-state index in [4.69, 9.17) is 19.2 Å². The van der Waals surface area contributed by atoms with Gasteiger partial charge in [0.25, 0.3) is 0 Å². The van der Waals surface area contributed by atoms with Crippen LogP contribution in [0.15, 0.2) is 35.3 Å². The van der Waals surface area contributed by atoms with Gasteiger partial charge in [0.1, 0.15) is 6.73 Å². The number of aromatic nitrogens is 4. The Labute approximate surface area is 273 Å². The number of aliphatic hydroxyl groups excluding tert-OH is 1. The Bertz CT molecular complexity index is 1630. The summed E-state index contributed by atoms with van der Waals surface area (Å²) in [6.07, 6.45) is 1.75. The molecule has 0 fully saturated rings. The maximum Gasteiger partial charge on any atom is 0.358 e. The van der Waals surface area contributed by atoms with Crippen LogP contribution in [0, 0.1) is 6.92 Å². The van der Waals surface area contributed by atoms with E-state index in [2.05, 4.69) is 51.5 Å². The lowest BCUT2D eigenvalue weighted by Gasteiger charge is -2.20. The van der Waals surface area contributed by atoms with Gasteiger partial charge in [-0.05, 0) is 62.9 Å². The van der Waals surface area contributed by atoms with Gasteiger partial charge in [-0.25, -0.2) is 9.78 Å². The molecule has 3 heterocycles. The molecule has 0 unspecified atom stereocenters. The molecule has 0 aliphatic heterocycles. The molecule has 4 rings (SSSR count). The zero-order valence-electron chi connectivity index (χ0n) is 27.0. The van der Waals surface area contributed by atoms with Crippen LogP contribution < -0.4 is 9.70 Å². The number of methoxy groups -OCH3 is 1. The topological polar surface area (TPSA) is 124 Å². The monoisotopic (exact) mass is 672 g/mol. The number of fused-ring (bicyclic) bond motifs is 1. The average molecular weight is 673 g/mol. The van der Waals surface area contributed by atoms with E-state index in [0.29, 0.717) is 55.9 Å². The maximum absolute atomic E-state index is 12.7.